The van der Waals surface area contributed by atoms with Gasteiger partial charge < -0.3 is 10.1 Å². The third kappa shape index (κ3) is 5.14. The van der Waals surface area contributed by atoms with E-state index in [1.54, 1.807) is 0 Å². The summed E-state index contributed by atoms with van der Waals surface area (Å²) < 4.78 is 46.7. The Balaban J connectivity index is 2.10. The van der Waals surface area contributed by atoms with Crippen LogP contribution in [-0.4, -0.2) is 34.7 Å². The zero-order chi connectivity index (χ0) is 11.3. The quantitative estimate of drug-likeness (QED) is 0.826. The summed E-state index contributed by atoms with van der Waals surface area (Å²) in [6.45, 7) is -1.13. The molecule has 1 heterocycles. The minimum atomic E-state index is -4.29. The number of nitrogens with zero attached hydrogens (tertiary/aromatic N) is 2. The predicted octanol–water partition coefficient (Wildman–Crippen LogP) is 2.18. The molecule has 1 aromatic rings. The fourth-order valence-electron chi connectivity index (χ4n) is 0.713. The number of alkyl halides is 3. The summed E-state index contributed by atoms with van der Waals surface area (Å²) in [6, 6.07) is 0. The second-order valence-electron chi connectivity index (χ2n) is 2.50. The van der Waals surface area contributed by atoms with E-state index in [1.165, 1.54) is 0 Å². The SMILES string of the molecule is FC(F)(F)COCCNc1nsnc1Cl. The highest BCUT2D eigenvalue weighted by Crippen LogP contribution is 2.17. The first-order chi connectivity index (χ1) is 6.99. The fourth-order valence-corrected chi connectivity index (χ4v) is 1.40. The van der Waals surface area contributed by atoms with Gasteiger partial charge in [0.25, 0.3) is 0 Å². The highest BCUT2D eigenvalue weighted by atomic mass is 35.5. The van der Waals surface area contributed by atoms with Gasteiger partial charge in [0, 0.05) is 6.54 Å². The van der Waals surface area contributed by atoms with Crippen molar-refractivity contribution in [2.75, 3.05) is 25.1 Å². The van der Waals surface area contributed by atoms with Crippen LogP contribution in [0, 0.1) is 0 Å². The van der Waals surface area contributed by atoms with E-state index in [0.717, 1.165) is 11.7 Å². The lowest BCUT2D eigenvalue weighted by atomic mass is 10.6. The van der Waals surface area contributed by atoms with E-state index in [0.29, 0.717) is 5.82 Å². The van der Waals surface area contributed by atoms with Crippen LogP contribution in [0.2, 0.25) is 5.15 Å². The molecule has 0 saturated carbocycles. The highest BCUT2D eigenvalue weighted by Gasteiger charge is 2.27. The normalized spacial score (nSPS) is 11.7. The number of ether oxygens (including phenoxy) is 1. The number of hydrogen-bond acceptors (Lipinski definition) is 5. The zero-order valence-corrected chi connectivity index (χ0v) is 8.92. The van der Waals surface area contributed by atoms with Crippen molar-refractivity contribution >= 4 is 29.1 Å². The molecule has 0 aliphatic heterocycles. The second kappa shape index (κ2) is 5.47. The van der Waals surface area contributed by atoms with Crippen LogP contribution in [0.4, 0.5) is 19.0 Å². The summed E-state index contributed by atoms with van der Waals surface area (Å²) >= 11 is 6.50. The van der Waals surface area contributed by atoms with Crippen LogP contribution in [0.5, 0.6) is 0 Å². The lowest BCUT2D eigenvalue weighted by Crippen LogP contribution is -2.20. The molecule has 1 N–H and O–H groups in total. The molecule has 86 valence electrons. The molecule has 0 aromatic carbocycles. The Morgan fingerprint density at radius 1 is 1.40 bits per heavy atom. The summed E-state index contributed by atoms with van der Waals surface area (Å²) in [5.74, 6) is 0.359. The topological polar surface area (TPSA) is 47.0 Å². The Labute approximate surface area is 92.7 Å². The molecule has 0 saturated heterocycles. The minimum Gasteiger partial charge on any atom is -0.370 e. The molecule has 1 rings (SSSR count). The Hall–Kier alpha value is -0.600. The maximum absolute atomic E-state index is 11.6. The van der Waals surface area contributed by atoms with Crippen molar-refractivity contribution in [2.45, 2.75) is 6.18 Å². The van der Waals surface area contributed by atoms with Gasteiger partial charge in [-0.2, -0.15) is 21.9 Å². The molecular formula is C6H7ClF3N3OS. The zero-order valence-electron chi connectivity index (χ0n) is 7.34. The molecule has 9 heteroatoms. The summed E-state index contributed by atoms with van der Waals surface area (Å²) in [6.07, 6.45) is -4.29. The van der Waals surface area contributed by atoms with E-state index in [9.17, 15) is 13.2 Å². The van der Waals surface area contributed by atoms with Crippen molar-refractivity contribution in [2.24, 2.45) is 0 Å². The van der Waals surface area contributed by atoms with Crippen LogP contribution in [0.1, 0.15) is 0 Å². The number of hydrogen-bond donors (Lipinski definition) is 1. The average Bonchev–Trinajstić information content (AvgIpc) is 2.49. The average molecular weight is 262 g/mol. The molecule has 0 aliphatic rings. The number of nitrogens with one attached hydrogen (secondary N) is 1. The Morgan fingerprint density at radius 2 is 2.13 bits per heavy atom. The molecule has 15 heavy (non-hydrogen) atoms. The standard InChI is InChI=1S/C6H7ClF3N3OS/c7-4-5(13-15-12-4)11-1-2-14-3-6(8,9)10/h1-3H2,(H,11,13). The Morgan fingerprint density at radius 3 is 2.67 bits per heavy atom. The summed E-state index contributed by atoms with van der Waals surface area (Å²) in [5, 5.41) is 2.90. The number of anilines is 1. The summed E-state index contributed by atoms with van der Waals surface area (Å²) in [4.78, 5) is 0. The second-order valence-corrected chi connectivity index (χ2v) is 3.38. The first kappa shape index (κ1) is 12.5. The predicted molar refractivity (Wildman–Crippen MR) is 50.3 cm³/mol. The Bertz CT molecular complexity index is 306. The van der Waals surface area contributed by atoms with Gasteiger partial charge >= 0.3 is 6.18 Å². The van der Waals surface area contributed by atoms with Gasteiger partial charge in [0.15, 0.2) is 11.0 Å². The molecule has 0 radical (unpaired) electrons. The lowest BCUT2D eigenvalue weighted by molar-refractivity contribution is -0.172. The molecule has 0 aliphatic carbocycles. The van der Waals surface area contributed by atoms with Crippen molar-refractivity contribution in [1.82, 2.24) is 8.75 Å². The summed E-state index contributed by atoms with van der Waals surface area (Å²) in [5.41, 5.74) is 0. The Kier molecular flexibility index (Phi) is 4.55. The van der Waals surface area contributed by atoms with Crippen molar-refractivity contribution in [3.8, 4) is 0 Å². The van der Waals surface area contributed by atoms with E-state index in [-0.39, 0.29) is 18.3 Å². The largest absolute Gasteiger partial charge is 0.411 e. The van der Waals surface area contributed by atoms with E-state index in [2.05, 4.69) is 18.8 Å². The van der Waals surface area contributed by atoms with Crippen LogP contribution in [-0.2, 0) is 4.74 Å². The summed E-state index contributed by atoms with van der Waals surface area (Å²) in [7, 11) is 0. The molecule has 0 amide bonds. The third-order valence-corrected chi connectivity index (χ3v) is 2.15. The maximum Gasteiger partial charge on any atom is 0.411 e. The number of halogens is 4. The van der Waals surface area contributed by atoms with Crippen molar-refractivity contribution in [3.63, 3.8) is 0 Å². The van der Waals surface area contributed by atoms with Gasteiger partial charge in [-0.25, -0.2) is 0 Å². The van der Waals surface area contributed by atoms with E-state index in [4.69, 9.17) is 11.6 Å². The number of rotatable bonds is 5. The van der Waals surface area contributed by atoms with Crippen LogP contribution >= 0.6 is 23.3 Å². The van der Waals surface area contributed by atoms with Crippen LogP contribution in [0.3, 0.4) is 0 Å². The smallest absolute Gasteiger partial charge is 0.370 e. The van der Waals surface area contributed by atoms with Gasteiger partial charge in [0.05, 0.1) is 18.3 Å². The molecule has 0 unspecified atom stereocenters. The molecular weight excluding hydrogens is 255 g/mol. The van der Waals surface area contributed by atoms with E-state index < -0.39 is 12.8 Å². The van der Waals surface area contributed by atoms with Crippen molar-refractivity contribution < 1.29 is 17.9 Å². The molecule has 0 bridgehead atoms. The first-order valence-corrected chi connectivity index (χ1v) is 4.96. The maximum atomic E-state index is 11.6. The molecule has 0 spiro atoms. The van der Waals surface area contributed by atoms with Gasteiger partial charge in [-0.05, 0) is 0 Å². The number of aromatic nitrogens is 2. The minimum absolute atomic E-state index is 0.0760. The highest BCUT2D eigenvalue weighted by molar-refractivity contribution is 6.99. The van der Waals surface area contributed by atoms with Gasteiger partial charge in [-0.1, -0.05) is 11.6 Å². The van der Waals surface area contributed by atoms with Crippen molar-refractivity contribution in [1.29, 1.82) is 0 Å². The first-order valence-electron chi connectivity index (χ1n) is 3.85. The fraction of sp³-hybridized carbons (Fsp3) is 0.667. The van der Waals surface area contributed by atoms with Crippen molar-refractivity contribution in [3.05, 3.63) is 5.15 Å². The monoisotopic (exact) mass is 261 g/mol. The van der Waals surface area contributed by atoms with Gasteiger partial charge in [0.2, 0.25) is 0 Å². The van der Waals surface area contributed by atoms with Gasteiger partial charge in [0.1, 0.15) is 6.61 Å². The molecule has 4 nitrogen and oxygen atoms in total. The third-order valence-electron chi connectivity index (χ3n) is 1.25. The van der Waals surface area contributed by atoms with E-state index >= 15 is 0 Å². The lowest BCUT2D eigenvalue weighted by Gasteiger charge is -2.07. The van der Waals surface area contributed by atoms with Crippen LogP contribution in [0.15, 0.2) is 0 Å². The molecule has 1 aromatic heterocycles. The molecule has 0 fully saturated rings. The van der Waals surface area contributed by atoms with Gasteiger partial charge in [-0.3, -0.25) is 0 Å². The molecule has 0 atom stereocenters. The van der Waals surface area contributed by atoms with Crippen LogP contribution < -0.4 is 5.32 Å². The van der Waals surface area contributed by atoms with E-state index in [1.807, 2.05) is 0 Å². The van der Waals surface area contributed by atoms with Crippen LogP contribution in [0.25, 0.3) is 0 Å². The van der Waals surface area contributed by atoms with Gasteiger partial charge in [-0.15, -0.1) is 0 Å².